The molecule has 3 aromatic rings. The molecular weight excluding hydrogens is 678 g/mol. The quantitative estimate of drug-likeness (QED) is 0.116. The number of anilines is 1. The van der Waals surface area contributed by atoms with Gasteiger partial charge < -0.3 is 5.32 Å². The van der Waals surface area contributed by atoms with Crippen molar-refractivity contribution in [3.63, 3.8) is 0 Å². The molecule has 214 valence electrons. The zero-order chi connectivity index (χ0) is 30.2. The normalized spacial score (nSPS) is 13.4. The molecule has 0 radical (unpaired) electrons. The topological polar surface area (TPSA) is 42.0 Å². The van der Waals surface area contributed by atoms with Gasteiger partial charge in [-0.3, -0.25) is 4.79 Å². The van der Waals surface area contributed by atoms with Crippen LogP contribution in [0.4, 0.5) is 36.4 Å². The number of rotatable bonds is 7. The van der Waals surface area contributed by atoms with Crippen LogP contribution in [0.1, 0.15) is 33.0 Å². The number of nitrogens with one attached hydrogen (secondary N) is 1. The summed E-state index contributed by atoms with van der Waals surface area (Å²) in [4.78, 5) is 16.3. The summed E-state index contributed by atoms with van der Waals surface area (Å²) in [6.45, 7) is -0.755. The summed E-state index contributed by atoms with van der Waals surface area (Å²) in [5.41, 5.74) is -4.04. The molecule has 0 saturated heterocycles. The number of Topliss-reactive ketones (excluding diaryl/α,β-unsaturated/α-hetero) is 1. The van der Waals surface area contributed by atoms with Gasteiger partial charge in [-0.2, -0.15) is 26.3 Å². The lowest BCUT2D eigenvalue weighted by atomic mass is 9.95. The molecule has 0 bridgehead atoms. The Morgan fingerprint density at radius 1 is 0.900 bits per heavy atom. The van der Waals surface area contributed by atoms with Gasteiger partial charge in [0, 0.05) is 17.3 Å². The van der Waals surface area contributed by atoms with Crippen LogP contribution >= 0.6 is 69.6 Å². The van der Waals surface area contributed by atoms with Crippen LogP contribution in [0.3, 0.4) is 0 Å². The molecule has 1 heterocycles. The number of carbonyl (C=O) groups excluding carboxylic acids is 1. The fraction of sp³-hybridized carbons (Fsp3) is 0.167. The van der Waals surface area contributed by atoms with Gasteiger partial charge in [0.2, 0.25) is 0 Å². The first kappa shape index (κ1) is 32.6. The molecule has 0 aliphatic carbocycles. The summed E-state index contributed by atoms with van der Waals surface area (Å²) < 4.78 is 97.9. The number of pyridine rings is 1. The van der Waals surface area contributed by atoms with E-state index >= 15 is 4.39 Å². The van der Waals surface area contributed by atoms with Gasteiger partial charge in [-0.1, -0.05) is 81.7 Å². The van der Waals surface area contributed by atoms with Gasteiger partial charge in [0.05, 0.1) is 37.9 Å². The highest BCUT2D eigenvalue weighted by Gasteiger charge is 2.41. The van der Waals surface area contributed by atoms with Crippen molar-refractivity contribution in [1.82, 2.24) is 4.98 Å². The minimum Gasteiger partial charge on any atom is -0.375 e. The second kappa shape index (κ2) is 12.5. The molecule has 3 rings (SSSR count). The molecule has 0 aliphatic rings. The number of halogens is 13. The maximum absolute atomic E-state index is 15.0. The van der Waals surface area contributed by atoms with E-state index < -0.39 is 58.7 Å². The molecular formula is C24H11Cl6F7N2O. The second-order valence-electron chi connectivity index (χ2n) is 7.95. The van der Waals surface area contributed by atoms with E-state index in [1.807, 2.05) is 0 Å². The molecule has 1 aromatic heterocycles. The third-order valence-corrected chi connectivity index (χ3v) is 7.52. The van der Waals surface area contributed by atoms with E-state index in [0.717, 1.165) is 24.4 Å². The molecule has 0 aliphatic heterocycles. The van der Waals surface area contributed by atoms with Gasteiger partial charge in [0.1, 0.15) is 21.9 Å². The van der Waals surface area contributed by atoms with Gasteiger partial charge in [0.25, 0.3) is 0 Å². The highest BCUT2D eigenvalue weighted by atomic mass is 35.5. The largest absolute Gasteiger partial charge is 0.417 e. The van der Waals surface area contributed by atoms with Crippen molar-refractivity contribution >= 4 is 86.9 Å². The van der Waals surface area contributed by atoms with Gasteiger partial charge in [-0.25, -0.2) is 9.37 Å². The average Bonchev–Trinajstić information content (AvgIpc) is 2.86. The first-order chi connectivity index (χ1) is 18.4. The Morgan fingerprint density at radius 3 is 2.05 bits per heavy atom. The molecule has 0 amide bonds. The van der Waals surface area contributed by atoms with Crippen LogP contribution in [0, 0.1) is 0 Å². The predicted molar refractivity (Wildman–Crippen MR) is 143 cm³/mol. The number of hydrogen-bond donors (Lipinski definition) is 1. The van der Waals surface area contributed by atoms with E-state index in [0.29, 0.717) is 6.07 Å². The summed E-state index contributed by atoms with van der Waals surface area (Å²) in [7, 11) is 0. The summed E-state index contributed by atoms with van der Waals surface area (Å²) in [5, 5.41) is 1.07. The van der Waals surface area contributed by atoms with E-state index in [1.165, 1.54) is 0 Å². The molecule has 1 unspecified atom stereocenters. The second-order valence-corrected chi connectivity index (χ2v) is 10.3. The average molecular weight is 689 g/mol. The third-order valence-electron chi connectivity index (χ3n) is 5.29. The van der Waals surface area contributed by atoms with Crippen molar-refractivity contribution in [3.8, 4) is 0 Å². The Bertz CT molecular complexity index is 1470. The van der Waals surface area contributed by atoms with Crippen molar-refractivity contribution in [2.24, 2.45) is 0 Å². The molecule has 0 spiro atoms. The van der Waals surface area contributed by atoms with Crippen LogP contribution in [-0.2, 0) is 6.18 Å². The van der Waals surface area contributed by atoms with Crippen molar-refractivity contribution in [1.29, 1.82) is 0 Å². The van der Waals surface area contributed by atoms with Gasteiger partial charge in [0.15, 0.2) is 5.78 Å². The molecule has 1 atom stereocenters. The third kappa shape index (κ3) is 7.46. The first-order valence-electron chi connectivity index (χ1n) is 10.5. The monoisotopic (exact) mass is 686 g/mol. The molecule has 2 aromatic carbocycles. The fourth-order valence-corrected chi connectivity index (χ4v) is 4.65. The SMILES string of the molecule is O=C(CNc1c(Cl)cnc(Cl)c1Cl)c1ccc(/C(F)=C/C(c2cc(Cl)c(Cl)c(Cl)c2)C(F)(F)F)cc1C(F)(F)F. The minimum absolute atomic E-state index is 0.0611. The number of alkyl halides is 6. The minimum atomic E-state index is -5.18. The van der Waals surface area contributed by atoms with Gasteiger partial charge in [-0.15, -0.1) is 0 Å². The number of carbonyl (C=O) groups is 1. The van der Waals surface area contributed by atoms with Gasteiger partial charge in [-0.05, 0) is 29.8 Å². The zero-order valence-electron chi connectivity index (χ0n) is 19.1. The Hall–Kier alpha value is -1.95. The molecule has 0 saturated carbocycles. The van der Waals surface area contributed by atoms with E-state index in [4.69, 9.17) is 69.6 Å². The molecule has 3 nitrogen and oxygen atoms in total. The molecule has 40 heavy (non-hydrogen) atoms. The van der Waals surface area contributed by atoms with Crippen LogP contribution in [0.25, 0.3) is 5.83 Å². The standard InChI is InChI=1S/C24H11Cl6F7N2O/c25-14-4-10(5-15(26)19(14)28)12(23(32,33)34)6-17(31)9-1-2-11(13(3-9)24(35,36)37)18(40)8-38-21-16(27)7-39-22(30)20(21)29/h1-7,12H,8H2,(H,38,39)/b17-6-. The molecule has 1 N–H and O–H groups in total. The Kier molecular flexibility index (Phi) is 10.2. The number of hydrogen-bond acceptors (Lipinski definition) is 3. The van der Waals surface area contributed by atoms with Crippen LogP contribution in [0.15, 0.2) is 42.6 Å². The number of ketones is 1. The maximum Gasteiger partial charge on any atom is 0.417 e. The first-order valence-corrected chi connectivity index (χ1v) is 12.7. The van der Waals surface area contributed by atoms with Crippen molar-refractivity contribution in [2.75, 3.05) is 11.9 Å². The van der Waals surface area contributed by atoms with E-state index in [-0.39, 0.29) is 48.1 Å². The maximum atomic E-state index is 15.0. The number of nitrogens with zero attached hydrogens (tertiary/aromatic N) is 1. The predicted octanol–water partition coefficient (Wildman–Crippen LogP) is 11.0. The smallest absolute Gasteiger partial charge is 0.375 e. The molecule has 0 fully saturated rings. The van der Waals surface area contributed by atoms with Gasteiger partial charge >= 0.3 is 12.4 Å². The number of benzene rings is 2. The highest BCUT2D eigenvalue weighted by Crippen LogP contribution is 2.43. The summed E-state index contributed by atoms with van der Waals surface area (Å²) in [5.74, 6) is -5.43. The van der Waals surface area contributed by atoms with Crippen molar-refractivity contribution in [2.45, 2.75) is 18.3 Å². The zero-order valence-corrected chi connectivity index (χ0v) is 23.6. The summed E-state index contributed by atoms with van der Waals surface area (Å²) >= 11 is 35.0. The van der Waals surface area contributed by atoms with E-state index in [2.05, 4.69) is 10.3 Å². The molecule has 16 heteroatoms. The van der Waals surface area contributed by atoms with Crippen LogP contribution in [0.2, 0.25) is 30.3 Å². The Balaban J connectivity index is 2.00. The lowest BCUT2D eigenvalue weighted by Gasteiger charge is -2.19. The lowest BCUT2D eigenvalue weighted by Crippen LogP contribution is -2.20. The summed E-state index contributed by atoms with van der Waals surface area (Å²) in [6, 6.07) is 3.20. The number of allylic oxidation sites excluding steroid dienone is 1. The van der Waals surface area contributed by atoms with E-state index in [9.17, 15) is 31.1 Å². The van der Waals surface area contributed by atoms with Crippen LogP contribution < -0.4 is 5.32 Å². The van der Waals surface area contributed by atoms with E-state index in [1.54, 1.807) is 0 Å². The van der Waals surface area contributed by atoms with Crippen molar-refractivity contribution in [3.05, 3.63) is 95.1 Å². The van der Waals surface area contributed by atoms with Crippen LogP contribution in [0.5, 0.6) is 0 Å². The Labute approximate surface area is 251 Å². The van der Waals surface area contributed by atoms with Crippen LogP contribution in [-0.4, -0.2) is 23.5 Å². The number of aromatic nitrogens is 1. The lowest BCUT2D eigenvalue weighted by molar-refractivity contribution is -0.140. The Morgan fingerprint density at radius 2 is 1.50 bits per heavy atom. The fourth-order valence-electron chi connectivity index (χ4n) is 3.42. The van der Waals surface area contributed by atoms with Crippen molar-refractivity contribution < 1.29 is 35.5 Å². The summed E-state index contributed by atoms with van der Waals surface area (Å²) in [6.07, 6.45) is -9.12. The highest BCUT2D eigenvalue weighted by molar-refractivity contribution is 6.48.